The van der Waals surface area contributed by atoms with E-state index in [2.05, 4.69) is 52.1 Å². The lowest BCUT2D eigenvalue weighted by molar-refractivity contribution is 0.0715. The van der Waals surface area contributed by atoms with Gasteiger partial charge in [0.1, 0.15) is 0 Å². The molecule has 2 heterocycles. The van der Waals surface area contributed by atoms with Crippen LogP contribution >= 0.6 is 0 Å². The van der Waals surface area contributed by atoms with Crippen LogP contribution in [0, 0.1) is 20.8 Å². The lowest BCUT2D eigenvalue weighted by Gasteiger charge is -2.33. The van der Waals surface area contributed by atoms with E-state index in [-0.39, 0.29) is 17.8 Å². The molecule has 1 amide bonds. The maximum absolute atomic E-state index is 13.6. The molecule has 0 saturated carbocycles. The highest BCUT2D eigenvalue weighted by Gasteiger charge is 2.27. The molecule has 1 atom stereocenters. The van der Waals surface area contributed by atoms with Gasteiger partial charge in [0.05, 0.1) is 7.11 Å². The largest absolute Gasteiger partial charge is 0.514 e. The van der Waals surface area contributed by atoms with Gasteiger partial charge in [-0.3, -0.25) is 4.79 Å². The zero-order valence-corrected chi connectivity index (χ0v) is 20.5. The van der Waals surface area contributed by atoms with Gasteiger partial charge in [-0.25, -0.2) is 9.78 Å². The number of hydrogen-bond donors (Lipinski definition) is 1. The number of piperidine rings is 1. The Morgan fingerprint density at radius 3 is 2.60 bits per heavy atom. The molecule has 8 heteroatoms. The van der Waals surface area contributed by atoms with Crippen LogP contribution in [0.3, 0.4) is 0 Å². The summed E-state index contributed by atoms with van der Waals surface area (Å²) >= 11 is 0. The molecular formula is C27H30N4O4. The van der Waals surface area contributed by atoms with Gasteiger partial charge < -0.3 is 19.7 Å². The molecule has 0 aliphatic carbocycles. The van der Waals surface area contributed by atoms with E-state index in [4.69, 9.17) is 4.74 Å². The van der Waals surface area contributed by atoms with Crippen molar-refractivity contribution in [3.05, 3.63) is 70.9 Å². The number of hydrogen-bond acceptors (Lipinski definition) is 7. The Hall–Kier alpha value is -3.94. The number of methoxy groups -OCH3 is 1. The highest BCUT2D eigenvalue weighted by atomic mass is 16.7. The van der Waals surface area contributed by atoms with Gasteiger partial charge in [0.25, 0.3) is 5.91 Å². The molecule has 4 rings (SSSR count). The van der Waals surface area contributed by atoms with Crippen LogP contribution in [-0.4, -0.2) is 53.2 Å². The van der Waals surface area contributed by atoms with Crippen LogP contribution in [0.15, 0.2) is 48.5 Å². The quantitative estimate of drug-likeness (QED) is 0.524. The van der Waals surface area contributed by atoms with Gasteiger partial charge in [-0.05, 0) is 61.9 Å². The number of carbonyl (C=O) groups is 2. The van der Waals surface area contributed by atoms with E-state index < -0.39 is 6.16 Å². The molecule has 0 spiro atoms. The first-order valence-electron chi connectivity index (χ1n) is 11.7. The minimum atomic E-state index is -0.842. The van der Waals surface area contributed by atoms with Crippen molar-refractivity contribution >= 4 is 18.0 Å². The number of amides is 1. The summed E-state index contributed by atoms with van der Waals surface area (Å²) in [6, 6.07) is 15.6. The van der Waals surface area contributed by atoms with Crippen LogP contribution in [-0.2, 0) is 4.74 Å². The third kappa shape index (κ3) is 5.77. The molecule has 35 heavy (non-hydrogen) atoms. The summed E-state index contributed by atoms with van der Waals surface area (Å²) in [4.78, 5) is 35.6. The summed E-state index contributed by atoms with van der Waals surface area (Å²) in [6.07, 6.45) is 0.880. The van der Waals surface area contributed by atoms with Crippen molar-refractivity contribution in [3.8, 4) is 17.0 Å². The number of aromatic nitrogens is 2. The van der Waals surface area contributed by atoms with Crippen LogP contribution in [0.5, 0.6) is 5.88 Å². The Morgan fingerprint density at radius 1 is 1.03 bits per heavy atom. The molecule has 182 valence electrons. The minimum Gasteiger partial charge on any atom is -0.437 e. The van der Waals surface area contributed by atoms with Crippen molar-refractivity contribution in [1.82, 2.24) is 14.9 Å². The molecule has 0 radical (unpaired) electrons. The molecule has 2 aromatic carbocycles. The van der Waals surface area contributed by atoms with E-state index in [1.807, 2.05) is 29.2 Å². The van der Waals surface area contributed by atoms with Gasteiger partial charge in [0.15, 0.2) is 0 Å². The summed E-state index contributed by atoms with van der Waals surface area (Å²) in [5.41, 5.74) is 5.73. The molecular weight excluding hydrogens is 444 g/mol. The summed E-state index contributed by atoms with van der Waals surface area (Å²) < 4.78 is 9.58. The predicted octanol–water partition coefficient (Wildman–Crippen LogP) is 4.93. The first-order valence-corrected chi connectivity index (χ1v) is 11.7. The Balaban J connectivity index is 1.51. The number of likely N-dealkylation sites (tertiary alicyclic amines) is 1. The normalized spacial score (nSPS) is 15.4. The zero-order chi connectivity index (χ0) is 24.9. The fraction of sp³-hybridized carbons (Fsp3) is 0.333. The maximum atomic E-state index is 13.6. The number of nitrogens with zero attached hydrogens (tertiary/aromatic N) is 3. The summed E-state index contributed by atoms with van der Waals surface area (Å²) in [5, 5.41) is 3.30. The number of benzene rings is 2. The average Bonchev–Trinajstić information content (AvgIpc) is 2.85. The van der Waals surface area contributed by atoms with Crippen LogP contribution in [0.1, 0.15) is 40.0 Å². The monoisotopic (exact) mass is 474 g/mol. The molecule has 1 fully saturated rings. The summed E-state index contributed by atoms with van der Waals surface area (Å²) in [7, 11) is 1.24. The van der Waals surface area contributed by atoms with Crippen molar-refractivity contribution in [3.63, 3.8) is 0 Å². The van der Waals surface area contributed by atoms with Crippen molar-refractivity contribution in [2.45, 2.75) is 39.7 Å². The molecule has 0 unspecified atom stereocenters. The maximum Gasteiger partial charge on any atom is 0.514 e. The molecule has 1 aliphatic rings. The van der Waals surface area contributed by atoms with Gasteiger partial charge in [-0.15, -0.1) is 0 Å². The van der Waals surface area contributed by atoms with Gasteiger partial charge in [0.2, 0.25) is 11.8 Å². The fourth-order valence-corrected chi connectivity index (χ4v) is 4.25. The summed E-state index contributed by atoms with van der Waals surface area (Å²) in [6.45, 7) is 7.16. The average molecular weight is 475 g/mol. The van der Waals surface area contributed by atoms with Crippen LogP contribution in [0.25, 0.3) is 11.1 Å². The molecule has 0 bridgehead atoms. The smallest absolute Gasteiger partial charge is 0.437 e. The topological polar surface area (TPSA) is 93.7 Å². The van der Waals surface area contributed by atoms with Crippen molar-refractivity contribution in [2.24, 2.45) is 0 Å². The number of nitrogens with one attached hydrogen (secondary N) is 1. The number of rotatable bonds is 5. The molecule has 1 aromatic heterocycles. The second kappa shape index (κ2) is 10.5. The van der Waals surface area contributed by atoms with Crippen LogP contribution in [0.2, 0.25) is 0 Å². The standard InChI is InChI=1S/C27H30N4O4/c1-17-11-12-20(14-18(17)2)22-9-5-6-10-23(22)25(32)31-13-7-8-21(16-31)29-26-28-19(3)15-24(30-26)35-27(33)34-4/h5-6,9-12,14-15,21H,7-8,13,16H2,1-4H3,(H,28,29,30)/t21-/m1/s1. The van der Waals surface area contributed by atoms with Crippen LogP contribution in [0.4, 0.5) is 10.7 Å². The minimum absolute atomic E-state index is 0.00482. The second-order valence-electron chi connectivity index (χ2n) is 8.81. The Morgan fingerprint density at radius 2 is 1.83 bits per heavy atom. The predicted molar refractivity (Wildman–Crippen MR) is 134 cm³/mol. The van der Waals surface area contributed by atoms with E-state index in [1.54, 1.807) is 13.0 Å². The van der Waals surface area contributed by atoms with E-state index in [9.17, 15) is 9.59 Å². The van der Waals surface area contributed by atoms with Gasteiger partial charge in [-0.2, -0.15) is 4.98 Å². The second-order valence-corrected chi connectivity index (χ2v) is 8.81. The van der Waals surface area contributed by atoms with Crippen molar-refractivity contribution in [1.29, 1.82) is 0 Å². The lowest BCUT2D eigenvalue weighted by atomic mass is 9.95. The van der Waals surface area contributed by atoms with Gasteiger partial charge >= 0.3 is 6.16 Å². The number of aryl methyl sites for hydroxylation is 3. The Labute approximate surface area is 205 Å². The highest BCUT2D eigenvalue weighted by molar-refractivity contribution is 6.01. The van der Waals surface area contributed by atoms with Crippen LogP contribution < -0.4 is 10.1 Å². The molecule has 1 aliphatic heterocycles. The van der Waals surface area contributed by atoms with Gasteiger partial charge in [0, 0.05) is 36.5 Å². The Kier molecular flexibility index (Phi) is 7.29. The van der Waals surface area contributed by atoms with E-state index >= 15 is 0 Å². The number of anilines is 1. The highest BCUT2D eigenvalue weighted by Crippen LogP contribution is 2.28. The molecule has 8 nitrogen and oxygen atoms in total. The third-order valence-electron chi connectivity index (χ3n) is 6.20. The van der Waals surface area contributed by atoms with Crippen molar-refractivity contribution < 1.29 is 19.1 Å². The first-order chi connectivity index (χ1) is 16.8. The number of carbonyl (C=O) groups excluding carboxylic acids is 2. The fourth-order valence-electron chi connectivity index (χ4n) is 4.25. The third-order valence-corrected chi connectivity index (χ3v) is 6.20. The first kappa shape index (κ1) is 24.2. The van der Waals surface area contributed by atoms with E-state index in [0.29, 0.717) is 30.3 Å². The molecule has 1 N–H and O–H groups in total. The summed E-state index contributed by atoms with van der Waals surface area (Å²) in [5.74, 6) is 0.460. The Bertz CT molecular complexity index is 1240. The zero-order valence-electron chi connectivity index (χ0n) is 20.5. The SMILES string of the molecule is COC(=O)Oc1cc(C)nc(N[C@@H]2CCCN(C(=O)c3ccccc3-c3ccc(C)c(C)c3)C2)n1. The molecule has 1 saturated heterocycles. The van der Waals surface area contributed by atoms with E-state index in [0.717, 1.165) is 24.0 Å². The van der Waals surface area contributed by atoms with E-state index in [1.165, 1.54) is 18.2 Å². The van der Waals surface area contributed by atoms with Crippen molar-refractivity contribution in [2.75, 3.05) is 25.5 Å². The van der Waals surface area contributed by atoms with Gasteiger partial charge in [-0.1, -0.05) is 36.4 Å². The lowest BCUT2D eigenvalue weighted by Crippen LogP contribution is -2.45. The molecule has 3 aromatic rings. The number of ether oxygens (including phenoxy) is 2.